The number of carbonyl (C=O) groups is 1. The fraction of sp³-hybridized carbons (Fsp3) is 0.526. The Morgan fingerprint density at radius 2 is 1.52 bits per heavy atom. The minimum absolute atomic E-state index is 0.305. The van der Waals surface area contributed by atoms with Crippen LogP contribution in [0.15, 0.2) is 42.7 Å². The normalized spacial score (nSPS) is 10.3. The number of ether oxygens (including phenoxy) is 1. The van der Waals surface area contributed by atoms with Crippen LogP contribution in [-0.4, -0.2) is 5.97 Å². The average Bonchev–Trinajstić information content (AvgIpc) is 2.50. The lowest BCUT2D eigenvalue weighted by molar-refractivity contribution is 0.0614. The van der Waals surface area contributed by atoms with Crippen molar-refractivity contribution < 1.29 is 9.53 Å². The molecule has 0 unspecified atom stereocenters. The largest absolute Gasteiger partial charge is 0.428 e. The van der Waals surface area contributed by atoms with Gasteiger partial charge in [0, 0.05) is 6.42 Å². The van der Waals surface area contributed by atoms with E-state index in [1.807, 2.05) is 18.2 Å². The Kier molecular flexibility index (Phi) is 9.26. The van der Waals surface area contributed by atoms with Gasteiger partial charge >= 0.3 is 5.97 Å². The molecule has 0 atom stereocenters. The lowest BCUT2D eigenvalue weighted by atomic mass is 10.1. The summed E-state index contributed by atoms with van der Waals surface area (Å²) in [6.07, 6.45) is 10.9. The number of unbranched alkanes of at least 4 members (excludes halogenated alkanes) is 7. The van der Waals surface area contributed by atoms with Crippen LogP contribution in [0.4, 0.5) is 0 Å². The Balaban J connectivity index is 2.05. The molecule has 0 heterocycles. The van der Waals surface area contributed by atoms with Crippen molar-refractivity contribution in [2.75, 3.05) is 0 Å². The Labute approximate surface area is 129 Å². The van der Waals surface area contributed by atoms with Crippen LogP contribution in [0, 0.1) is 0 Å². The average molecular weight is 288 g/mol. The van der Waals surface area contributed by atoms with E-state index in [2.05, 4.69) is 13.5 Å². The number of rotatable bonds is 11. The van der Waals surface area contributed by atoms with E-state index in [-0.39, 0.29) is 5.97 Å². The zero-order chi connectivity index (χ0) is 15.3. The summed E-state index contributed by atoms with van der Waals surface area (Å²) in [5.74, 6) is 0.273. The zero-order valence-corrected chi connectivity index (χ0v) is 13.3. The molecule has 0 saturated carbocycles. The van der Waals surface area contributed by atoms with Crippen LogP contribution < -0.4 is 0 Å². The molecule has 0 N–H and O–H groups in total. The summed E-state index contributed by atoms with van der Waals surface area (Å²) in [4.78, 5) is 11.8. The van der Waals surface area contributed by atoms with Crippen molar-refractivity contribution in [1.82, 2.24) is 0 Å². The molecule has 0 fully saturated rings. The molecule has 116 valence electrons. The highest BCUT2D eigenvalue weighted by atomic mass is 16.5. The Morgan fingerprint density at radius 3 is 2.14 bits per heavy atom. The van der Waals surface area contributed by atoms with Crippen LogP contribution in [0.1, 0.15) is 75.1 Å². The van der Waals surface area contributed by atoms with E-state index < -0.39 is 0 Å². The van der Waals surface area contributed by atoms with Crippen LogP contribution in [0.2, 0.25) is 0 Å². The van der Waals surface area contributed by atoms with Crippen LogP contribution >= 0.6 is 0 Å². The molecule has 0 aliphatic rings. The third-order valence-electron chi connectivity index (χ3n) is 3.56. The summed E-state index contributed by atoms with van der Waals surface area (Å²) in [6, 6.07) is 9.06. The molecule has 0 aromatic heterocycles. The summed E-state index contributed by atoms with van der Waals surface area (Å²) in [5, 5.41) is 0. The van der Waals surface area contributed by atoms with Gasteiger partial charge < -0.3 is 4.74 Å². The molecule has 0 aliphatic carbocycles. The minimum atomic E-state index is -0.305. The van der Waals surface area contributed by atoms with Crippen LogP contribution in [0.5, 0.6) is 0 Å². The first kappa shape index (κ1) is 17.5. The zero-order valence-electron chi connectivity index (χ0n) is 13.3. The molecule has 0 saturated heterocycles. The van der Waals surface area contributed by atoms with Crippen molar-refractivity contribution in [3.05, 3.63) is 48.2 Å². The molecule has 0 radical (unpaired) electrons. The second kappa shape index (κ2) is 11.1. The van der Waals surface area contributed by atoms with Gasteiger partial charge in [0.05, 0.1) is 5.56 Å². The van der Waals surface area contributed by atoms with E-state index in [1.54, 1.807) is 12.1 Å². The molecule has 0 amide bonds. The highest BCUT2D eigenvalue weighted by Crippen LogP contribution is 2.14. The van der Waals surface area contributed by atoms with Crippen LogP contribution in [-0.2, 0) is 4.74 Å². The van der Waals surface area contributed by atoms with E-state index in [0.29, 0.717) is 11.3 Å². The van der Waals surface area contributed by atoms with Crippen molar-refractivity contribution in [1.29, 1.82) is 0 Å². The summed E-state index contributed by atoms with van der Waals surface area (Å²) >= 11 is 0. The predicted octanol–water partition coefficient (Wildman–Crippen LogP) is 5.89. The van der Waals surface area contributed by atoms with Gasteiger partial charge in [0.2, 0.25) is 0 Å². The molecule has 21 heavy (non-hydrogen) atoms. The fourth-order valence-electron chi connectivity index (χ4n) is 2.27. The second-order valence-electron chi connectivity index (χ2n) is 5.52. The van der Waals surface area contributed by atoms with Gasteiger partial charge in [0.15, 0.2) is 0 Å². The van der Waals surface area contributed by atoms with Crippen molar-refractivity contribution >= 4 is 5.97 Å². The number of esters is 1. The number of benzene rings is 1. The van der Waals surface area contributed by atoms with Crippen molar-refractivity contribution in [3.63, 3.8) is 0 Å². The van der Waals surface area contributed by atoms with E-state index in [4.69, 9.17) is 4.74 Å². The number of hydrogen-bond acceptors (Lipinski definition) is 2. The van der Waals surface area contributed by atoms with Crippen LogP contribution in [0.25, 0.3) is 0 Å². The predicted molar refractivity (Wildman–Crippen MR) is 88.2 cm³/mol. The molecule has 1 rings (SSSR count). The van der Waals surface area contributed by atoms with E-state index in [9.17, 15) is 4.79 Å². The maximum Gasteiger partial charge on any atom is 0.343 e. The van der Waals surface area contributed by atoms with Crippen molar-refractivity contribution in [2.45, 2.75) is 64.7 Å². The maximum absolute atomic E-state index is 11.8. The Hall–Kier alpha value is -1.57. The lowest BCUT2D eigenvalue weighted by Gasteiger charge is -2.07. The Morgan fingerprint density at radius 1 is 0.952 bits per heavy atom. The summed E-state index contributed by atoms with van der Waals surface area (Å²) in [7, 11) is 0. The number of allylic oxidation sites excluding steroid dienone is 1. The molecule has 2 heteroatoms. The highest BCUT2D eigenvalue weighted by Gasteiger charge is 2.07. The molecule has 0 spiro atoms. The van der Waals surface area contributed by atoms with Crippen molar-refractivity contribution in [2.24, 2.45) is 0 Å². The third kappa shape index (κ3) is 8.34. The third-order valence-corrected chi connectivity index (χ3v) is 3.56. The first-order valence-corrected chi connectivity index (χ1v) is 8.19. The maximum atomic E-state index is 11.8. The SMILES string of the molecule is C=C(CCCCCCCCCC)OC(=O)c1ccccc1. The number of carbonyl (C=O) groups excluding carboxylic acids is 1. The Bertz CT molecular complexity index is 409. The monoisotopic (exact) mass is 288 g/mol. The molecule has 0 aliphatic heterocycles. The van der Waals surface area contributed by atoms with Gasteiger partial charge in [-0.1, -0.05) is 76.6 Å². The van der Waals surface area contributed by atoms with Crippen LogP contribution in [0.3, 0.4) is 0 Å². The molecule has 1 aromatic rings. The van der Waals surface area contributed by atoms with Gasteiger partial charge in [-0.05, 0) is 18.6 Å². The van der Waals surface area contributed by atoms with Gasteiger partial charge in [-0.3, -0.25) is 0 Å². The van der Waals surface area contributed by atoms with E-state index in [1.165, 1.54) is 44.9 Å². The quantitative estimate of drug-likeness (QED) is 0.288. The smallest absolute Gasteiger partial charge is 0.343 e. The summed E-state index contributed by atoms with van der Waals surface area (Å²) in [6.45, 7) is 6.07. The molecule has 0 bridgehead atoms. The fourth-order valence-corrected chi connectivity index (χ4v) is 2.27. The minimum Gasteiger partial charge on any atom is -0.428 e. The second-order valence-corrected chi connectivity index (χ2v) is 5.52. The topological polar surface area (TPSA) is 26.3 Å². The standard InChI is InChI=1S/C19H28O2/c1-3-4-5-6-7-8-9-11-14-17(2)21-19(20)18-15-12-10-13-16-18/h10,12-13,15-16H,2-9,11,14H2,1H3. The van der Waals surface area contributed by atoms with Crippen molar-refractivity contribution in [3.8, 4) is 0 Å². The van der Waals surface area contributed by atoms with Gasteiger partial charge in [-0.25, -0.2) is 4.79 Å². The number of hydrogen-bond donors (Lipinski definition) is 0. The van der Waals surface area contributed by atoms with Gasteiger partial charge in [0.1, 0.15) is 5.76 Å². The lowest BCUT2D eigenvalue weighted by Crippen LogP contribution is -2.04. The molecular formula is C19H28O2. The van der Waals surface area contributed by atoms with E-state index >= 15 is 0 Å². The van der Waals surface area contributed by atoms with E-state index in [0.717, 1.165) is 12.8 Å². The highest BCUT2D eigenvalue weighted by molar-refractivity contribution is 5.89. The molecule has 2 nitrogen and oxygen atoms in total. The van der Waals surface area contributed by atoms with Gasteiger partial charge in [-0.15, -0.1) is 0 Å². The molecule has 1 aromatic carbocycles. The molecular weight excluding hydrogens is 260 g/mol. The van der Waals surface area contributed by atoms with Gasteiger partial charge in [-0.2, -0.15) is 0 Å². The summed E-state index contributed by atoms with van der Waals surface area (Å²) in [5.41, 5.74) is 0.578. The summed E-state index contributed by atoms with van der Waals surface area (Å²) < 4.78 is 5.26. The first-order chi connectivity index (χ1) is 10.2. The van der Waals surface area contributed by atoms with Gasteiger partial charge in [0.25, 0.3) is 0 Å². The first-order valence-electron chi connectivity index (χ1n) is 8.19.